The van der Waals surface area contributed by atoms with Crippen LogP contribution < -0.4 is 5.32 Å². The highest BCUT2D eigenvalue weighted by atomic mass is 16.5. The number of rotatable bonds is 12. The molecule has 0 radical (unpaired) electrons. The molecule has 4 aromatic carbocycles. The van der Waals surface area contributed by atoms with Crippen LogP contribution in [0.5, 0.6) is 0 Å². The number of benzene rings is 4. The maximum atomic E-state index is 13.3. The van der Waals surface area contributed by atoms with Crippen LogP contribution in [0.15, 0.2) is 103 Å². The molecule has 0 aliphatic carbocycles. The molecule has 1 unspecified atom stereocenters. The lowest BCUT2D eigenvalue weighted by Gasteiger charge is -2.35. The largest absolute Gasteiger partial charge is 0.468 e. The van der Waals surface area contributed by atoms with Gasteiger partial charge in [0.15, 0.2) is 5.54 Å². The summed E-state index contributed by atoms with van der Waals surface area (Å²) in [5.74, 6) is -0.421. The number of nitrogens with one attached hydrogen (secondary N) is 1. The second-order valence-electron chi connectivity index (χ2n) is 8.96. The Morgan fingerprint density at radius 2 is 1.28 bits per heavy atom. The van der Waals surface area contributed by atoms with E-state index >= 15 is 0 Å². The molecule has 0 saturated heterocycles. The summed E-state index contributed by atoms with van der Waals surface area (Å²) in [7, 11) is 1.40. The fourth-order valence-corrected chi connectivity index (χ4v) is 4.45. The molecular weight excluding hydrogens is 450 g/mol. The Bertz CT molecular complexity index is 1190. The standard InChI is InChI=1S/C31H33NO4/c1-24(28-19-11-17-27-16-9-10-18-29(27)28)32-31(30(33)34-2,22-35-20-25-12-5-3-6-13-25)23-36-21-26-14-7-4-8-15-26/h3-19,24,32H,20-23H2,1-2H3. The molecule has 0 amide bonds. The van der Waals surface area contributed by atoms with E-state index in [4.69, 9.17) is 14.2 Å². The van der Waals surface area contributed by atoms with Crippen molar-refractivity contribution in [1.29, 1.82) is 0 Å². The first-order valence-electron chi connectivity index (χ1n) is 12.2. The Morgan fingerprint density at radius 1 is 0.750 bits per heavy atom. The van der Waals surface area contributed by atoms with Crippen molar-refractivity contribution in [2.24, 2.45) is 0 Å². The predicted molar refractivity (Wildman–Crippen MR) is 142 cm³/mol. The van der Waals surface area contributed by atoms with E-state index in [1.165, 1.54) is 7.11 Å². The van der Waals surface area contributed by atoms with E-state index in [2.05, 4.69) is 29.6 Å². The van der Waals surface area contributed by atoms with Gasteiger partial charge in [0, 0.05) is 6.04 Å². The molecule has 0 spiro atoms. The molecule has 0 aliphatic rings. The van der Waals surface area contributed by atoms with Crippen molar-refractivity contribution in [1.82, 2.24) is 5.32 Å². The normalized spacial score (nSPS) is 12.4. The Balaban J connectivity index is 1.58. The Kier molecular flexibility index (Phi) is 8.85. The van der Waals surface area contributed by atoms with Gasteiger partial charge in [-0.2, -0.15) is 0 Å². The highest BCUT2D eigenvalue weighted by Crippen LogP contribution is 2.27. The van der Waals surface area contributed by atoms with E-state index in [0.717, 1.165) is 27.5 Å². The van der Waals surface area contributed by atoms with Gasteiger partial charge in [0.1, 0.15) is 0 Å². The van der Waals surface area contributed by atoms with Crippen LogP contribution in [0.1, 0.15) is 29.7 Å². The van der Waals surface area contributed by atoms with Crippen molar-refractivity contribution < 1.29 is 19.0 Å². The molecule has 0 saturated carbocycles. The maximum absolute atomic E-state index is 13.3. The van der Waals surface area contributed by atoms with E-state index in [9.17, 15) is 4.79 Å². The van der Waals surface area contributed by atoms with Gasteiger partial charge in [-0.25, -0.2) is 4.79 Å². The van der Waals surface area contributed by atoms with Gasteiger partial charge in [-0.1, -0.05) is 103 Å². The molecule has 36 heavy (non-hydrogen) atoms. The zero-order valence-electron chi connectivity index (χ0n) is 20.9. The second kappa shape index (κ2) is 12.5. The molecule has 5 heteroatoms. The van der Waals surface area contributed by atoms with Gasteiger partial charge in [-0.3, -0.25) is 5.32 Å². The molecule has 186 valence electrons. The van der Waals surface area contributed by atoms with E-state index in [0.29, 0.717) is 13.2 Å². The number of hydrogen-bond donors (Lipinski definition) is 1. The summed E-state index contributed by atoms with van der Waals surface area (Å²) in [5.41, 5.74) is 1.95. The van der Waals surface area contributed by atoms with E-state index < -0.39 is 11.5 Å². The molecule has 0 heterocycles. The number of fused-ring (bicyclic) bond motifs is 1. The first-order chi connectivity index (χ1) is 17.6. The van der Waals surface area contributed by atoms with E-state index in [1.807, 2.05) is 85.8 Å². The average Bonchev–Trinajstić information content (AvgIpc) is 2.93. The molecule has 1 N–H and O–H groups in total. The van der Waals surface area contributed by atoms with Gasteiger partial charge in [0.25, 0.3) is 0 Å². The van der Waals surface area contributed by atoms with Gasteiger partial charge in [-0.05, 0) is 34.4 Å². The molecule has 0 aliphatic heterocycles. The molecule has 0 bridgehead atoms. The van der Waals surface area contributed by atoms with Crippen LogP contribution in [-0.4, -0.2) is 31.8 Å². The summed E-state index contributed by atoms with van der Waals surface area (Å²) >= 11 is 0. The van der Waals surface area contributed by atoms with Crippen LogP contribution in [0.3, 0.4) is 0 Å². The minimum Gasteiger partial charge on any atom is -0.468 e. The summed E-state index contributed by atoms with van der Waals surface area (Å²) in [4.78, 5) is 13.3. The summed E-state index contributed by atoms with van der Waals surface area (Å²) in [6.45, 7) is 3.00. The number of carbonyl (C=O) groups is 1. The molecule has 4 rings (SSSR count). The van der Waals surface area contributed by atoms with Gasteiger partial charge < -0.3 is 14.2 Å². The number of esters is 1. The first kappa shape index (κ1) is 25.6. The zero-order chi connectivity index (χ0) is 25.2. The average molecular weight is 484 g/mol. The van der Waals surface area contributed by atoms with E-state index in [1.54, 1.807) is 0 Å². The highest BCUT2D eigenvalue weighted by molar-refractivity contribution is 5.86. The zero-order valence-corrected chi connectivity index (χ0v) is 20.9. The minimum absolute atomic E-state index is 0.0957. The molecule has 0 fully saturated rings. The van der Waals surface area contributed by atoms with Crippen LogP contribution in [0.4, 0.5) is 0 Å². The van der Waals surface area contributed by atoms with Crippen LogP contribution in [0.2, 0.25) is 0 Å². The van der Waals surface area contributed by atoms with Crippen molar-refractivity contribution in [3.05, 3.63) is 120 Å². The Morgan fingerprint density at radius 3 is 1.86 bits per heavy atom. The Labute approximate surface area is 213 Å². The van der Waals surface area contributed by atoms with Crippen molar-refractivity contribution in [2.75, 3.05) is 20.3 Å². The topological polar surface area (TPSA) is 56.8 Å². The third-order valence-corrected chi connectivity index (χ3v) is 6.28. The molecule has 0 aromatic heterocycles. The minimum atomic E-state index is -1.20. The van der Waals surface area contributed by atoms with Gasteiger partial charge in [0.05, 0.1) is 33.5 Å². The number of carbonyl (C=O) groups excluding carboxylic acids is 1. The maximum Gasteiger partial charge on any atom is 0.330 e. The van der Waals surface area contributed by atoms with Crippen molar-refractivity contribution in [2.45, 2.75) is 31.7 Å². The van der Waals surface area contributed by atoms with Crippen LogP contribution in [-0.2, 0) is 32.2 Å². The van der Waals surface area contributed by atoms with Gasteiger partial charge >= 0.3 is 5.97 Å². The molecule has 4 aromatic rings. The molecular formula is C31H33NO4. The molecule has 1 atom stereocenters. The fraction of sp³-hybridized carbons (Fsp3) is 0.258. The lowest BCUT2D eigenvalue weighted by atomic mass is 9.95. The third-order valence-electron chi connectivity index (χ3n) is 6.28. The lowest BCUT2D eigenvalue weighted by Crippen LogP contribution is -2.60. The summed E-state index contributed by atoms with van der Waals surface area (Å²) in [6.07, 6.45) is 0. The van der Waals surface area contributed by atoms with E-state index in [-0.39, 0.29) is 19.3 Å². The van der Waals surface area contributed by atoms with Crippen molar-refractivity contribution in [3.8, 4) is 0 Å². The van der Waals surface area contributed by atoms with Gasteiger partial charge in [0.2, 0.25) is 0 Å². The number of ether oxygens (including phenoxy) is 3. The highest BCUT2D eigenvalue weighted by Gasteiger charge is 2.42. The summed E-state index contributed by atoms with van der Waals surface area (Å²) in [5, 5.41) is 5.82. The Hall–Kier alpha value is -3.51. The SMILES string of the molecule is COC(=O)C(COCc1ccccc1)(COCc1ccccc1)NC(C)c1cccc2ccccc12. The lowest BCUT2D eigenvalue weighted by molar-refractivity contribution is -0.156. The third kappa shape index (κ3) is 6.38. The first-order valence-corrected chi connectivity index (χ1v) is 12.2. The smallest absolute Gasteiger partial charge is 0.330 e. The van der Waals surface area contributed by atoms with Crippen LogP contribution >= 0.6 is 0 Å². The van der Waals surface area contributed by atoms with Gasteiger partial charge in [-0.15, -0.1) is 0 Å². The summed E-state index contributed by atoms with van der Waals surface area (Å²) < 4.78 is 17.5. The van der Waals surface area contributed by atoms with Crippen LogP contribution in [0.25, 0.3) is 10.8 Å². The predicted octanol–water partition coefficient (Wildman–Crippen LogP) is 5.84. The van der Waals surface area contributed by atoms with Crippen molar-refractivity contribution in [3.63, 3.8) is 0 Å². The quantitative estimate of drug-likeness (QED) is 0.257. The van der Waals surface area contributed by atoms with Crippen LogP contribution in [0, 0.1) is 0 Å². The molecule has 5 nitrogen and oxygen atoms in total. The monoisotopic (exact) mass is 483 g/mol. The van der Waals surface area contributed by atoms with Crippen molar-refractivity contribution >= 4 is 16.7 Å². The fourth-order valence-electron chi connectivity index (χ4n) is 4.45. The number of methoxy groups -OCH3 is 1. The number of hydrogen-bond acceptors (Lipinski definition) is 5. The second-order valence-corrected chi connectivity index (χ2v) is 8.96. The summed E-state index contributed by atoms with van der Waals surface area (Å²) in [6, 6.07) is 34.1.